The summed E-state index contributed by atoms with van der Waals surface area (Å²) in [4.78, 5) is 25.2. The van der Waals surface area contributed by atoms with E-state index in [1.54, 1.807) is 0 Å². The summed E-state index contributed by atoms with van der Waals surface area (Å²) in [5, 5.41) is 24.5. The maximum Gasteiger partial charge on any atom is 0.416 e. The van der Waals surface area contributed by atoms with E-state index >= 15 is 0 Å². The lowest BCUT2D eigenvalue weighted by molar-refractivity contribution is -0.137. The van der Waals surface area contributed by atoms with Gasteiger partial charge in [0, 0.05) is 25.2 Å². The molecule has 1 fully saturated rings. The molecule has 0 spiro atoms. The third-order valence-electron chi connectivity index (χ3n) is 6.40. The Hall–Kier alpha value is -4.40. The van der Waals surface area contributed by atoms with E-state index in [0.717, 1.165) is 29.2 Å². The molecule has 3 amide bonds. The normalized spacial score (nSPS) is 19.8. The highest BCUT2D eigenvalue weighted by atomic mass is 32.2. The van der Waals surface area contributed by atoms with Crippen molar-refractivity contribution in [1.29, 1.82) is 10.5 Å². The van der Waals surface area contributed by atoms with Crippen LogP contribution in [0.25, 0.3) is 0 Å². The fraction of sp³-hybridized carbons (Fsp3) is 0.280. The first-order valence-electron chi connectivity index (χ1n) is 11.5. The van der Waals surface area contributed by atoms with E-state index in [-0.39, 0.29) is 64.3 Å². The number of hydrogen-bond acceptors (Lipinski definition) is 6. The van der Waals surface area contributed by atoms with Crippen molar-refractivity contribution >= 4 is 27.6 Å². The number of allylic oxidation sites excluding steroid dienone is 1. The van der Waals surface area contributed by atoms with Gasteiger partial charge < -0.3 is 10.6 Å². The Kier molecular flexibility index (Phi) is 7.37. The number of urea groups is 1. The van der Waals surface area contributed by atoms with E-state index in [2.05, 4.69) is 15.4 Å². The Morgan fingerprint density at radius 1 is 1.13 bits per heavy atom. The molecule has 3 N–H and O–H groups in total. The van der Waals surface area contributed by atoms with Crippen molar-refractivity contribution in [3.05, 3.63) is 70.4 Å². The van der Waals surface area contributed by atoms with Crippen molar-refractivity contribution < 1.29 is 31.2 Å². The quantitative estimate of drug-likeness (QED) is 0.495. The summed E-state index contributed by atoms with van der Waals surface area (Å²) in [6.07, 6.45) is -4.53. The van der Waals surface area contributed by atoms with Gasteiger partial charge in [0.15, 0.2) is 0 Å². The van der Waals surface area contributed by atoms with Crippen LogP contribution < -0.4 is 20.3 Å². The van der Waals surface area contributed by atoms with Gasteiger partial charge in [0.25, 0.3) is 0 Å². The average Bonchev–Trinajstić information content (AvgIpc) is 3.31. The summed E-state index contributed by atoms with van der Waals surface area (Å²) in [7, 11) is -4.29. The minimum absolute atomic E-state index is 0.00165. The fourth-order valence-electron chi connectivity index (χ4n) is 4.44. The molecular formula is C25H21F3N6O4S. The number of rotatable bonds is 6. The SMILES string of the molecule is CC1=C(C#N)[C@@H](c2ccc(C#N)cc2S(=O)(=O)NCC2CNC(=O)C2)NC(=O)N1c1cccc(C(F)(F)F)c1. The summed E-state index contributed by atoms with van der Waals surface area (Å²) in [6, 6.07) is 9.35. The molecule has 10 nitrogen and oxygen atoms in total. The standard InChI is InChI=1S/C25H21F3N6O4S/c1-14-20(11-30)23(33-24(36)34(14)18-4-2-3-17(9-18)25(26,27)28)19-6-5-15(10-29)7-21(19)39(37,38)32-13-16-8-22(35)31-12-16/h2-7,9,16,23,32H,8,12-13H2,1H3,(H,31,35)(H,33,36)/t16?,23-/m1/s1. The topological polar surface area (TPSA) is 155 Å². The van der Waals surface area contributed by atoms with Gasteiger partial charge in [0.2, 0.25) is 15.9 Å². The van der Waals surface area contributed by atoms with E-state index in [4.69, 9.17) is 0 Å². The molecule has 2 aliphatic heterocycles. The average molecular weight is 559 g/mol. The molecule has 4 rings (SSSR count). The van der Waals surface area contributed by atoms with Gasteiger partial charge in [0.05, 0.1) is 45.5 Å². The van der Waals surface area contributed by atoms with Crippen LogP contribution in [0.5, 0.6) is 0 Å². The predicted octanol–water partition coefficient (Wildman–Crippen LogP) is 3.06. The molecule has 2 heterocycles. The number of nitrogens with zero attached hydrogens (tertiary/aromatic N) is 3. The van der Waals surface area contributed by atoms with Crippen molar-refractivity contribution in [3.63, 3.8) is 0 Å². The number of nitrogens with one attached hydrogen (secondary N) is 3. The first-order valence-corrected chi connectivity index (χ1v) is 13.0. The van der Waals surface area contributed by atoms with Crippen LogP contribution in [0.2, 0.25) is 0 Å². The van der Waals surface area contributed by atoms with Crippen LogP contribution in [0, 0.1) is 28.6 Å². The number of carbonyl (C=O) groups is 2. The Balaban J connectivity index is 1.76. The Morgan fingerprint density at radius 3 is 2.49 bits per heavy atom. The highest BCUT2D eigenvalue weighted by Gasteiger charge is 2.38. The zero-order valence-corrected chi connectivity index (χ0v) is 21.2. The molecule has 2 atom stereocenters. The zero-order valence-electron chi connectivity index (χ0n) is 20.3. The molecule has 0 aromatic heterocycles. The highest BCUT2D eigenvalue weighted by Crippen LogP contribution is 2.38. The second kappa shape index (κ2) is 10.4. The maximum absolute atomic E-state index is 13.3. The van der Waals surface area contributed by atoms with Crippen LogP contribution >= 0.6 is 0 Å². The minimum Gasteiger partial charge on any atom is -0.356 e. The molecule has 0 saturated carbocycles. The largest absolute Gasteiger partial charge is 0.416 e. The predicted molar refractivity (Wildman–Crippen MR) is 131 cm³/mol. The molecule has 0 bridgehead atoms. The van der Waals surface area contributed by atoms with Crippen molar-refractivity contribution in [3.8, 4) is 12.1 Å². The summed E-state index contributed by atoms with van der Waals surface area (Å²) < 4.78 is 68.9. The number of alkyl halides is 3. The number of anilines is 1. The number of nitriles is 2. The van der Waals surface area contributed by atoms with Crippen molar-refractivity contribution in [2.24, 2.45) is 5.92 Å². The molecule has 39 heavy (non-hydrogen) atoms. The Morgan fingerprint density at radius 2 is 1.87 bits per heavy atom. The van der Waals surface area contributed by atoms with Crippen LogP contribution in [0.1, 0.15) is 36.1 Å². The summed E-state index contributed by atoms with van der Waals surface area (Å²) in [5.74, 6) is -0.497. The van der Waals surface area contributed by atoms with Crippen molar-refractivity contribution in [2.75, 3.05) is 18.0 Å². The molecular weight excluding hydrogens is 537 g/mol. The summed E-state index contributed by atoms with van der Waals surface area (Å²) in [6.45, 7) is 1.58. The van der Waals surface area contributed by atoms with E-state index in [9.17, 15) is 41.7 Å². The minimum atomic E-state index is -4.67. The summed E-state index contributed by atoms with van der Waals surface area (Å²) >= 11 is 0. The van der Waals surface area contributed by atoms with E-state index in [0.29, 0.717) is 0 Å². The maximum atomic E-state index is 13.3. The van der Waals surface area contributed by atoms with Gasteiger partial charge >= 0.3 is 12.2 Å². The molecule has 0 aliphatic carbocycles. The van der Waals surface area contributed by atoms with Gasteiger partial charge in [-0.15, -0.1) is 0 Å². The summed E-state index contributed by atoms with van der Waals surface area (Å²) in [5.41, 5.74) is -1.26. The smallest absolute Gasteiger partial charge is 0.356 e. The third-order valence-corrected chi connectivity index (χ3v) is 7.88. The third kappa shape index (κ3) is 5.57. The van der Waals surface area contributed by atoms with E-state index in [1.807, 2.05) is 12.1 Å². The lowest BCUT2D eigenvalue weighted by Gasteiger charge is -2.34. The van der Waals surface area contributed by atoms with Crippen LogP contribution in [-0.2, 0) is 21.0 Å². The number of halogens is 3. The molecule has 0 radical (unpaired) electrons. The molecule has 1 saturated heterocycles. The van der Waals surface area contributed by atoms with Crippen molar-refractivity contribution in [2.45, 2.75) is 30.5 Å². The molecule has 2 aromatic carbocycles. The van der Waals surface area contributed by atoms with E-state index < -0.39 is 33.8 Å². The van der Waals surface area contributed by atoms with Gasteiger partial charge in [-0.05, 0) is 48.7 Å². The Labute approximate surface area is 221 Å². The van der Waals surface area contributed by atoms with Gasteiger partial charge in [-0.3, -0.25) is 9.69 Å². The first kappa shape index (κ1) is 27.6. The lowest BCUT2D eigenvalue weighted by atomic mass is 9.94. The highest BCUT2D eigenvalue weighted by molar-refractivity contribution is 7.89. The van der Waals surface area contributed by atoms with Crippen LogP contribution in [0.4, 0.5) is 23.7 Å². The zero-order chi connectivity index (χ0) is 28.5. The monoisotopic (exact) mass is 558 g/mol. The van der Waals surface area contributed by atoms with Gasteiger partial charge in [-0.2, -0.15) is 23.7 Å². The first-order chi connectivity index (χ1) is 18.4. The molecule has 1 unspecified atom stereocenters. The molecule has 202 valence electrons. The van der Waals surface area contributed by atoms with Crippen LogP contribution in [0.3, 0.4) is 0 Å². The van der Waals surface area contributed by atoms with Gasteiger partial charge in [-0.25, -0.2) is 17.9 Å². The fourth-order valence-corrected chi connectivity index (χ4v) is 5.83. The number of amides is 3. The van der Waals surface area contributed by atoms with E-state index in [1.165, 1.54) is 25.1 Å². The molecule has 14 heteroatoms. The number of benzene rings is 2. The number of sulfonamides is 1. The van der Waals surface area contributed by atoms with Crippen LogP contribution in [0.15, 0.2) is 58.6 Å². The second-order valence-corrected chi connectivity index (χ2v) is 10.7. The molecule has 2 aromatic rings. The van der Waals surface area contributed by atoms with Crippen molar-refractivity contribution in [1.82, 2.24) is 15.4 Å². The lowest BCUT2D eigenvalue weighted by Crippen LogP contribution is -2.47. The molecule has 2 aliphatic rings. The second-order valence-electron chi connectivity index (χ2n) is 8.97. The van der Waals surface area contributed by atoms with Gasteiger partial charge in [0.1, 0.15) is 0 Å². The Bertz CT molecular complexity index is 1570. The van der Waals surface area contributed by atoms with Gasteiger partial charge in [-0.1, -0.05) is 12.1 Å². The number of hydrogen-bond donors (Lipinski definition) is 3. The van der Waals surface area contributed by atoms with Crippen LogP contribution in [-0.4, -0.2) is 33.4 Å². The number of carbonyl (C=O) groups excluding carboxylic acids is 2.